The van der Waals surface area contributed by atoms with Gasteiger partial charge in [-0.1, -0.05) is 35.9 Å². The molecule has 5 heteroatoms. The summed E-state index contributed by atoms with van der Waals surface area (Å²) in [5.41, 5.74) is 0.917. The lowest BCUT2D eigenvalue weighted by molar-refractivity contribution is 0.952. The molecule has 0 amide bonds. The van der Waals surface area contributed by atoms with Gasteiger partial charge in [-0.25, -0.2) is 4.98 Å². The third-order valence-electron chi connectivity index (χ3n) is 2.52. The van der Waals surface area contributed by atoms with Crippen LogP contribution in [0.4, 0.5) is 0 Å². The van der Waals surface area contributed by atoms with E-state index in [1.54, 1.807) is 17.5 Å². The van der Waals surface area contributed by atoms with Crippen LogP contribution in [0.5, 0.6) is 0 Å². The Balaban J connectivity index is 2.14. The van der Waals surface area contributed by atoms with Crippen LogP contribution in [0.2, 0.25) is 5.15 Å². The Kier molecular flexibility index (Phi) is 2.74. The standard InChI is InChI=1S/C12H8ClN3S/c13-12-9-4-2-1-3-8(9)10(15-16-12)7-11-14-5-6-17-11/h1-6H,7H2. The maximum atomic E-state index is 6.02. The first-order valence-electron chi connectivity index (χ1n) is 5.13. The number of aromatic nitrogens is 3. The van der Waals surface area contributed by atoms with Crippen LogP contribution >= 0.6 is 22.9 Å². The smallest absolute Gasteiger partial charge is 0.159 e. The summed E-state index contributed by atoms with van der Waals surface area (Å²) in [7, 11) is 0. The molecule has 0 N–H and O–H groups in total. The Morgan fingerprint density at radius 3 is 2.71 bits per heavy atom. The van der Waals surface area contributed by atoms with E-state index in [4.69, 9.17) is 11.6 Å². The molecular weight excluding hydrogens is 254 g/mol. The van der Waals surface area contributed by atoms with Crippen LogP contribution in [0.25, 0.3) is 10.8 Å². The fourth-order valence-corrected chi connectivity index (χ4v) is 2.56. The van der Waals surface area contributed by atoms with E-state index in [1.165, 1.54) is 0 Å². The van der Waals surface area contributed by atoms with E-state index >= 15 is 0 Å². The number of rotatable bonds is 2. The van der Waals surface area contributed by atoms with Crippen molar-refractivity contribution in [3.8, 4) is 0 Å². The van der Waals surface area contributed by atoms with Gasteiger partial charge in [-0.2, -0.15) is 5.10 Å². The van der Waals surface area contributed by atoms with Gasteiger partial charge in [-0.05, 0) is 0 Å². The summed E-state index contributed by atoms with van der Waals surface area (Å²) in [6, 6.07) is 7.89. The van der Waals surface area contributed by atoms with Gasteiger partial charge in [0.15, 0.2) is 5.15 Å². The lowest BCUT2D eigenvalue weighted by Crippen LogP contribution is -1.96. The largest absolute Gasteiger partial charge is 0.249 e. The molecule has 1 aromatic carbocycles. The molecule has 17 heavy (non-hydrogen) atoms. The molecule has 0 bridgehead atoms. The third-order valence-corrected chi connectivity index (χ3v) is 3.58. The number of fused-ring (bicyclic) bond motifs is 1. The molecule has 3 nitrogen and oxygen atoms in total. The highest BCUT2D eigenvalue weighted by Gasteiger charge is 2.08. The van der Waals surface area contributed by atoms with Crippen molar-refractivity contribution in [2.45, 2.75) is 6.42 Å². The van der Waals surface area contributed by atoms with Gasteiger partial charge in [0.25, 0.3) is 0 Å². The summed E-state index contributed by atoms with van der Waals surface area (Å²) in [6.07, 6.45) is 2.49. The predicted molar refractivity (Wildman–Crippen MR) is 69.5 cm³/mol. The highest BCUT2D eigenvalue weighted by atomic mass is 35.5. The highest BCUT2D eigenvalue weighted by molar-refractivity contribution is 7.09. The van der Waals surface area contributed by atoms with Crippen LogP contribution in [0.15, 0.2) is 35.8 Å². The van der Waals surface area contributed by atoms with Crippen LogP contribution in [0.1, 0.15) is 10.7 Å². The predicted octanol–water partition coefficient (Wildman–Crippen LogP) is 3.33. The Hall–Kier alpha value is -1.52. The Labute approximate surface area is 107 Å². The number of nitrogens with zero attached hydrogens (tertiary/aromatic N) is 3. The molecule has 0 aliphatic heterocycles. The van der Waals surface area contributed by atoms with E-state index in [9.17, 15) is 0 Å². The Bertz CT molecular complexity index is 652. The molecule has 84 valence electrons. The summed E-state index contributed by atoms with van der Waals surface area (Å²) >= 11 is 7.64. The average molecular weight is 262 g/mol. The molecule has 3 aromatic rings. The zero-order valence-corrected chi connectivity index (χ0v) is 10.4. The second-order valence-electron chi connectivity index (χ2n) is 3.59. The number of benzene rings is 1. The summed E-state index contributed by atoms with van der Waals surface area (Å²) in [5.74, 6) is 0. The van der Waals surface area contributed by atoms with Gasteiger partial charge >= 0.3 is 0 Å². The molecule has 3 rings (SSSR count). The number of thiazole rings is 1. The Morgan fingerprint density at radius 2 is 1.94 bits per heavy atom. The minimum atomic E-state index is 0.448. The fraction of sp³-hybridized carbons (Fsp3) is 0.0833. The SMILES string of the molecule is Clc1nnc(Cc2nccs2)c2ccccc12. The number of hydrogen-bond acceptors (Lipinski definition) is 4. The zero-order chi connectivity index (χ0) is 11.7. The molecule has 0 unspecified atom stereocenters. The van der Waals surface area contributed by atoms with Crippen molar-refractivity contribution in [2.75, 3.05) is 0 Å². The lowest BCUT2D eigenvalue weighted by Gasteiger charge is -2.04. The van der Waals surface area contributed by atoms with E-state index < -0.39 is 0 Å². The third kappa shape index (κ3) is 2.01. The van der Waals surface area contributed by atoms with Gasteiger partial charge in [0.1, 0.15) is 0 Å². The zero-order valence-electron chi connectivity index (χ0n) is 8.80. The van der Waals surface area contributed by atoms with Gasteiger partial charge in [-0.3, -0.25) is 0 Å². The molecular formula is C12H8ClN3S. The van der Waals surface area contributed by atoms with Crippen LogP contribution in [0.3, 0.4) is 0 Å². The molecule has 0 spiro atoms. The van der Waals surface area contributed by atoms with Gasteiger partial charge in [0, 0.05) is 28.8 Å². The molecule has 0 fully saturated rings. The van der Waals surface area contributed by atoms with Crippen molar-refractivity contribution >= 4 is 33.7 Å². The molecule has 0 aliphatic carbocycles. The lowest BCUT2D eigenvalue weighted by atomic mass is 10.1. The monoisotopic (exact) mass is 261 g/mol. The van der Waals surface area contributed by atoms with Gasteiger partial charge in [0.2, 0.25) is 0 Å². The summed E-state index contributed by atoms with van der Waals surface area (Å²) in [4.78, 5) is 4.26. The van der Waals surface area contributed by atoms with Crippen LogP contribution in [-0.2, 0) is 6.42 Å². The minimum absolute atomic E-state index is 0.448. The first-order chi connectivity index (χ1) is 8.34. The number of hydrogen-bond donors (Lipinski definition) is 0. The fourth-order valence-electron chi connectivity index (χ4n) is 1.74. The van der Waals surface area contributed by atoms with Crippen molar-refractivity contribution in [2.24, 2.45) is 0 Å². The maximum absolute atomic E-state index is 6.02. The molecule has 0 saturated carbocycles. The van der Waals surface area contributed by atoms with Crippen molar-refractivity contribution < 1.29 is 0 Å². The highest BCUT2D eigenvalue weighted by Crippen LogP contribution is 2.24. The topological polar surface area (TPSA) is 38.7 Å². The molecule has 0 aliphatic rings. The first kappa shape index (κ1) is 10.6. The van der Waals surface area contributed by atoms with Crippen molar-refractivity contribution in [1.29, 1.82) is 0 Å². The number of halogens is 1. The molecule has 2 aromatic heterocycles. The average Bonchev–Trinajstić information content (AvgIpc) is 2.86. The van der Waals surface area contributed by atoms with Gasteiger partial charge in [-0.15, -0.1) is 16.4 Å². The van der Waals surface area contributed by atoms with E-state index in [0.29, 0.717) is 11.6 Å². The van der Waals surface area contributed by atoms with E-state index in [-0.39, 0.29) is 0 Å². The van der Waals surface area contributed by atoms with E-state index in [2.05, 4.69) is 15.2 Å². The molecule has 2 heterocycles. The summed E-state index contributed by atoms with van der Waals surface area (Å²) in [6.45, 7) is 0. The molecule has 0 atom stereocenters. The van der Waals surface area contributed by atoms with Gasteiger partial charge in [0.05, 0.1) is 10.7 Å². The first-order valence-corrected chi connectivity index (χ1v) is 6.38. The Morgan fingerprint density at radius 1 is 1.12 bits per heavy atom. The molecule has 0 radical (unpaired) electrons. The van der Waals surface area contributed by atoms with Gasteiger partial charge < -0.3 is 0 Å². The second-order valence-corrected chi connectivity index (χ2v) is 4.92. The normalized spacial score (nSPS) is 10.9. The maximum Gasteiger partial charge on any atom is 0.159 e. The van der Waals surface area contributed by atoms with Crippen LogP contribution in [0, 0.1) is 0 Å². The van der Waals surface area contributed by atoms with Crippen molar-refractivity contribution in [3.63, 3.8) is 0 Å². The van der Waals surface area contributed by atoms with Crippen LogP contribution in [-0.4, -0.2) is 15.2 Å². The quantitative estimate of drug-likeness (QED) is 0.710. The van der Waals surface area contributed by atoms with Crippen molar-refractivity contribution in [1.82, 2.24) is 15.2 Å². The van der Waals surface area contributed by atoms with E-state index in [1.807, 2.05) is 29.6 Å². The molecule has 0 saturated heterocycles. The van der Waals surface area contributed by atoms with E-state index in [0.717, 1.165) is 21.5 Å². The van der Waals surface area contributed by atoms with Crippen molar-refractivity contribution in [3.05, 3.63) is 51.7 Å². The minimum Gasteiger partial charge on any atom is -0.249 e. The summed E-state index contributed by atoms with van der Waals surface area (Å²) < 4.78 is 0. The van der Waals surface area contributed by atoms with Crippen LogP contribution < -0.4 is 0 Å². The second kappa shape index (κ2) is 4.39. The summed E-state index contributed by atoms with van der Waals surface area (Å²) in [5, 5.41) is 13.6.